The van der Waals surface area contributed by atoms with Crippen LogP contribution in [0.25, 0.3) is 22.2 Å². The summed E-state index contributed by atoms with van der Waals surface area (Å²) in [5, 5.41) is 0.190. The Morgan fingerprint density at radius 3 is 2.57 bits per heavy atom. The van der Waals surface area contributed by atoms with Crippen molar-refractivity contribution in [2.75, 3.05) is 24.6 Å². The van der Waals surface area contributed by atoms with Gasteiger partial charge in [-0.25, -0.2) is 14.4 Å². The van der Waals surface area contributed by atoms with Crippen molar-refractivity contribution in [3.05, 3.63) is 81.4 Å². The minimum atomic E-state index is -4.70. The Morgan fingerprint density at radius 2 is 1.86 bits per heavy atom. The van der Waals surface area contributed by atoms with Crippen LogP contribution in [0.15, 0.2) is 47.4 Å². The number of morpholine rings is 1. The molecular weight excluding hydrogens is 490 g/mol. The molecule has 4 aromatic rings. The van der Waals surface area contributed by atoms with E-state index >= 15 is 4.39 Å². The molecule has 37 heavy (non-hydrogen) atoms. The summed E-state index contributed by atoms with van der Waals surface area (Å²) in [5.41, 5.74) is 0.244. The lowest BCUT2D eigenvalue weighted by Crippen LogP contribution is -2.39. The summed E-state index contributed by atoms with van der Waals surface area (Å²) in [5.74, 6) is -0.364. The number of hydrogen-bond donors (Lipinski definition) is 0. The van der Waals surface area contributed by atoms with E-state index in [2.05, 4.69) is 15.0 Å². The number of rotatable bonds is 3. The van der Waals surface area contributed by atoms with Crippen LogP contribution in [0.3, 0.4) is 0 Å². The van der Waals surface area contributed by atoms with E-state index in [1.807, 2.05) is 24.0 Å². The maximum atomic E-state index is 15.1. The topological polar surface area (TPSA) is 73.1 Å². The van der Waals surface area contributed by atoms with E-state index in [4.69, 9.17) is 4.74 Å². The highest BCUT2D eigenvalue weighted by Crippen LogP contribution is 2.35. The minimum Gasteiger partial charge on any atom is -0.370 e. The summed E-state index contributed by atoms with van der Waals surface area (Å²) in [4.78, 5) is 28.4. The van der Waals surface area contributed by atoms with Crippen molar-refractivity contribution in [2.24, 2.45) is 7.05 Å². The third-order valence-electron chi connectivity index (χ3n) is 6.51. The molecule has 7 nitrogen and oxygen atoms in total. The first kappa shape index (κ1) is 24.8. The molecule has 0 unspecified atom stereocenters. The maximum absolute atomic E-state index is 15.1. The smallest absolute Gasteiger partial charge is 0.370 e. The molecule has 0 spiro atoms. The van der Waals surface area contributed by atoms with Gasteiger partial charge < -0.3 is 9.64 Å². The summed E-state index contributed by atoms with van der Waals surface area (Å²) in [7, 11) is 1.57. The Hall–Kier alpha value is -3.86. The lowest BCUT2D eigenvalue weighted by atomic mass is 10.0. The number of aryl methyl sites for hydroxylation is 2. The number of fused-ring (bicyclic) bond motifs is 1. The molecule has 4 heterocycles. The second kappa shape index (κ2) is 9.22. The highest BCUT2D eigenvalue weighted by Gasteiger charge is 2.32. The fraction of sp³-hybridized carbons (Fsp3) is 0.308. The molecule has 192 valence electrons. The fourth-order valence-electron chi connectivity index (χ4n) is 4.43. The molecule has 0 aliphatic carbocycles. The number of nitrogens with zero attached hydrogens (tertiary/aromatic N) is 5. The summed E-state index contributed by atoms with van der Waals surface area (Å²) in [6.45, 7) is 4.72. The molecule has 1 atom stereocenters. The molecule has 3 aromatic heterocycles. The molecule has 5 rings (SSSR count). The zero-order valence-corrected chi connectivity index (χ0v) is 20.3. The quantitative estimate of drug-likeness (QED) is 0.369. The van der Waals surface area contributed by atoms with Gasteiger partial charge in [0.1, 0.15) is 34.8 Å². The van der Waals surface area contributed by atoms with E-state index in [9.17, 15) is 18.0 Å². The van der Waals surface area contributed by atoms with Crippen LogP contribution in [0, 0.1) is 19.7 Å². The van der Waals surface area contributed by atoms with Gasteiger partial charge in [0.05, 0.1) is 17.6 Å². The summed E-state index contributed by atoms with van der Waals surface area (Å²) >= 11 is 0. The first-order chi connectivity index (χ1) is 17.5. The van der Waals surface area contributed by atoms with Crippen LogP contribution >= 0.6 is 0 Å². The van der Waals surface area contributed by atoms with Crippen molar-refractivity contribution in [3.63, 3.8) is 0 Å². The average molecular weight is 513 g/mol. The molecule has 1 saturated heterocycles. The molecule has 1 fully saturated rings. The molecule has 0 amide bonds. The van der Waals surface area contributed by atoms with Crippen molar-refractivity contribution in [1.29, 1.82) is 0 Å². The molecule has 0 N–H and O–H groups in total. The van der Waals surface area contributed by atoms with Crippen LogP contribution in [0.5, 0.6) is 0 Å². The third kappa shape index (κ3) is 4.66. The van der Waals surface area contributed by atoms with E-state index in [0.717, 1.165) is 23.4 Å². The van der Waals surface area contributed by atoms with Crippen molar-refractivity contribution in [2.45, 2.75) is 26.1 Å². The van der Waals surface area contributed by atoms with Gasteiger partial charge in [-0.05, 0) is 55.8 Å². The van der Waals surface area contributed by atoms with E-state index in [1.165, 1.54) is 4.57 Å². The molecule has 0 radical (unpaired) electrons. The van der Waals surface area contributed by atoms with Crippen LogP contribution < -0.4 is 10.5 Å². The van der Waals surface area contributed by atoms with Gasteiger partial charge in [0.2, 0.25) is 0 Å². The van der Waals surface area contributed by atoms with Crippen LogP contribution in [0.2, 0.25) is 0 Å². The number of halogens is 4. The third-order valence-corrected chi connectivity index (χ3v) is 6.51. The Bertz CT molecular complexity index is 1570. The number of aromatic nitrogens is 4. The molecule has 1 aromatic carbocycles. The highest BCUT2D eigenvalue weighted by molar-refractivity contribution is 5.93. The lowest BCUT2D eigenvalue weighted by molar-refractivity contribution is -0.137. The molecule has 1 aliphatic heterocycles. The van der Waals surface area contributed by atoms with E-state index in [1.54, 1.807) is 26.2 Å². The van der Waals surface area contributed by atoms with Crippen LogP contribution in [0.1, 0.15) is 28.7 Å². The van der Waals surface area contributed by atoms with Gasteiger partial charge in [-0.3, -0.25) is 14.3 Å². The van der Waals surface area contributed by atoms with Crippen LogP contribution in [0.4, 0.5) is 23.4 Å². The Kier molecular flexibility index (Phi) is 6.18. The van der Waals surface area contributed by atoms with Gasteiger partial charge in [0, 0.05) is 37.6 Å². The standard InChI is InChI=1S/C26H23F4N5O2/c1-14-10-16(6-7-31-14)21-13-35(8-9-37-21)22-12-19-24(32-15(2)34(3)25(19)36)23(33-22)18-5-4-17(11-20(18)27)26(28,29)30/h4-7,10-12,21H,8-9,13H2,1-3H3/t21-/m1/s1. The number of pyridine rings is 2. The van der Waals surface area contributed by atoms with Gasteiger partial charge >= 0.3 is 6.18 Å². The highest BCUT2D eigenvalue weighted by atomic mass is 19.4. The van der Waals surface area contributed by atoms with Gasteiger partial charge in [-0.1, -0.05) is 0 Å². The minimum absolute atomic E-state index is 0.00215. The largest absolute Gasteiger partial charge is 0.416 e. The number of anilines is 1. The van der Waals surface area contributed by atoms with Crippen molar-refractivity contribution in [3.8, 4) is 11.3 Å². The van der Waals surface area contributed by atoms with Crippen molar-refractivity contribution in [1.82, 2.24) is 19.5 Å². The zero-order valence-electron chi connectivity index (χ0n) is 20.3. The molecule has 0 saturated carbocycles. The predicted molar refractivity (Wildman–Crippen MR) is 130 cm³/mol. The number of ether oxygens (including phenoxy) is 1. The SMILES string of the molecule is Cc1cc([C@H]2CN(c3cc4c(=O)n(C)c(C)nc4c(-c4ccc(C(F)(F)F)cc4F)n3)CCO2)ccn1. The Balaban J connectivity index is 1.66. The molecular formula is C26H23F4N5O2. The van der Waals surface area contributed by atoms with Gasteiger partial charge in [0.15, 0.2) is 0 Å². The monoisotopic (exact) mass is 513 g/mol. The predicted octanol–water partition coefficient (Wildman–Crippen LogP) is 4.74. The van der Waals surface area contributed by atoms with E-state index < -0.39 is 17.6 Å². The second-order valence-electron chi connectivity index (χ2n) is 8.98. The lowest BCUT2D eigenvalue weighted by Gasteiger charge is -2.34. The van der Waals surface area contributed by atoms with Gasteiger partial charge in [-0.15, -0.1) is 0 Å². The van der Waals surface area contributed by atoms with Crippen LogP contribution in [-0.4, -0.2) is 39.2 Å². The number of benzene rings is 1. The van der Waals surface area contributed by atoms with Gasteiger partial charge in [0.25, 0.3) is 5.56 Å². The average Bonchev–Trinajstić information content (AvgIpc) is 2.86. The summed E-state index contributed by atoms with van der Waals surface area (Å²) in [6, 6.07) is 7.63. The number of alkyl halides is 3. The normalized spacial score (nSPS) is 16.4. The summed E-state index contributed by atoms with van der Waals surface area (Å²) < 4.78 is 61.9. The first-order valence-electron chi connectivity index (χ1n) is 11.6. The zero-order chi connectivity index (χ0) is 26.5. The molecule has 11 heteroatoms. The molecule has 0 bridgehead atoms. The first-order valence-corrected chi connectivity index (χ1v) is 11.6. The van der Waals surface area contributed by atoms with Crippen LogP contribution in [-0.2, 0) is 18.0 Å². The Morgan fingerprint density at radius 1 is 1.08 bits per heavy atom. The summed E-state index contributed by atoms with van der Waals surface area (Å²) in [6.07, 6.45) is -3.29. The van der Waals surface area contributed by atoms with Crippen molar-refractivity contribution < 1.29 is 22.3 Å². The second-order valence-corrected chi connectivity index (χ2v) is 8.98. The van der Waals surface area contributed by atoms with Crippen molar-refractivity contribution >= 4 is 16.7 Å². The molecule has 1 aliphatic rings. The maximum Gasteiger partial charge on any atom is 0.416 e. The fourth-order valence-corrected chi connectivity index (χ4v) is 4.43. The van der Waals surface area contributed by atoms with E-state index in [0.29, 0.717) is 37.4 Å². The Labute approximate surface area is 209 Å². The number of hydrogen-bond acceptors (Lipinski definition) is 6. The van der Waals surface area contributed by atoms with E-state index in [-0.39, 0.29) is 33.8 Å². The van der Waals surface area contributed by atoms with Gasteiger partial charge in [-0.2, -0.15) is 13.2 Å².